The molecule has 1 heterocycles. The number of hydrogen-bond donors (Lipinski definition) is 1. The van der Waals surface area contributed by atoms with Gasteiger partial charge in [-0.15, -0.1) is 11.3 Å². The van der Waals surface area contributed by atoms with E-state index in [4.69, 9.17) is 0 Å². The number of thiazole rings is 1. The van der Waals surface area contributed by atoms with Crippen molar-refractivity contribution in [3.05, 3.63) is 40.4 Å². The fraction of sp³-hybridized carbons (Fsp3) is 0.167. The molecule has 3 nitrogen and oxygen atoms in total. The van der Waals surface area contributed by atoms with Crippen LogP contribution in [0.5, 0.6) is 0 Å². The second-order valence-electron chi connectivity index (χ2n) is 3.57. The van der Waals surface area contributed by atoms with E-state index in [2.05, 4.69) is 30.2 Å². The summed E-state index contributed by atoms with van der Waals surface area (Å²) in [4.78, 5) is 14.6. The van der Waals surface area contributed by atoms with Gasteiger partial charge in [-0.2, -0.15) is 0 Å². The summed E-state index contributed by atoms with van der Waals surface area (Å²) in [6.07, 6.45) is 0.755. The van der Waals surface area contributed by atoms with E-state index in [9.17, 15) is 4.79 Å². The maximum absolute atomic E-state index is 10.5. The Morgan fingerprint density at radius 2 is 2.19 bits per heavy atom. The highest BCUT2D eigenvalue weighted by Crippen LogP contribution is 2.24. The van der Waals surface area contributed by atoms with Gasteiger partial charge in [-0.1, -0.05) is 12.1 Å². The number of nitrogens with one attached hydrogen (secondary N) is 1. The van der Waals surface area contributed by atoms with Crippen LogP contribution in [0.3, 0.4) is 0 Å². The van der Waals surface area contributed by atoms with E-state index in [-0.39, 0.29) is 0 Å². The van der Waals surface area contributed by atoms with Crippen molar-refractivity contribution in [2.24, 2.45) is 0 Å². The summed E-state index contributed by atoms with van der Waals surface area (Å²) in [5.74, 6) is 0. The Bertz CT molecular complexity index is 519. The quantitative estimate of drug-likeness (QED) is 0.825. The Morgan fingerprint density at radius 1 is 1.38 bits per heavy atom. The molecular weight excluding hydrogens is 220 g/mol. The van der Waals surface area contributed by atoms with E-state index in [0.717, 1.165) is 17.1 Å². The van der Waals surface area contributed by atoms with Gasteiger partial charge in [0.2, 0.25) is 0 Å². The first-order chi connectivity index (χ1) is 7.70. The van der Waals surface area contributed by atoms with Crippen molar-refractivity contribution in [3.63, 3.8) is 0 Å². The van der Waals surface area contributed by atoms with E-state index in [1.807, 2.05) is 12.1 Å². The van der Waals surface area contributed by atoms with Gasteiger partial charge in [0.05, 0.1) is 0 Å². The van der Waals surface area contributed by atoms with E-state index in [0.29, 0.717) is 5.69 Å². The van der Waals surface area contributed by atoms with Crippen molar-refractivity contribution >= 4 is 28.4 Å². The summed E-state index contributed by atoms with van der Waals surface area (Å²) in [5.41, 5.74) is 3.94. The normalized spacial score (nSPS) is 10.1. The molecule has 0 aliphatic heterocycles. The largest absolute Gasteiger partial charge is 0.331 e. The van der Waals surface area contributed by atoms with Crippen LogP contribution in [0, 0.1) is 13.8 Å². The minimum Gasteiger partial charge on any atom is -0.331 e. The number of benzene rings is 1. The predicted octanol–water partition coefficient (Wildman–Crippen LogP) is 3.32. The molecule has 2 aromatic rings. The topological polar surface area (TPSA) is 42.0 Å². The van der Waals surface area contributed by atoms with Gasteiger partial charge in [-0.3, -0.25) is 4.79 Å². The first kappa shape index (κ1) is 10.8. The molecular formula is C12H12N2OS. The van der Waals surface area contributed by atoms with Crippen LogP contribution in [0.25, 0.3) is 0 Å². The number of aldehydes is 1. The zero-order valence-corrected chi connectivity index (χ0v) is 9.97. The molecule has 0 bridgehead atoms. The fourth-order valence-electron chi connectivity index (χ4n) is 1.40. The van der Waals surface area contributed by atoms with Crippen molar-refractivity contribution in [1.82, 2.24) is 4.98 Å². The van der Waals surface area contributed by atoms with Crippen molar-refractivity contribution < 1.29 is 4.79 Å². The van der Waals surface area contributed by atoms with E-state index >= 15 is 0 Å². The lowest BCUT2D eigenvalue weighted by molar-refractivity contribution is 0.111. The number of nitrogens with zero attached hydrogens (tertiary/aromatic N) is 1. The van der Waals surface area contributed by atoms with E-state index < -0.39 is 0 Å². The van der Waals surface area contributed by atoms with Gasteiger partial charge in [0.25, 0.3) is 0 Å². The number of carbonyl (C=O) groups excluding carboxylic acids is 1. The van der Waals surface area contributed by atoms with Crippen LogP contribution in [0.15, 0.2) is 23.6 Å². The summed E-state index contributed by atoms with van der Waals surface area (Å²) >= 11 is 1.43. The Kier molecular flexibility index (Phi) is 3.01. The van der Waals surface area contributed by atoms with Crippen LogP contribution >= 0.6 is 11.3 Å². The average molecular weight is 232 g/mol. The first-order valence-electron chi connectivity index (χ1n) is 4.94. The molecule has 0 aliphatic rings. The van der Waals surface area contributed by atoms with Crippen LogP contribution in [-0.4, -0.2) is 11.3 Å². The number of hydrogen-bond acceptors (Lipinski definition) is 4. The molecule has 0 radical (unpaired) electrons. The van der Waals surface area contributed by atoms with Gasteiger partial charge in [-0.25, -0.2) is 4.98 Å². The number of aromatic nitrogens is 1. The molecule has 0 spiro atoms. The maximum Gasteiger partial charge on any atom is 0.187 e. The molecule has 0 fully saturated rings. The summed E-state index contributed by atoms with van der Waals surface area (Å²) in [6.45, 7) is 4.13. The van der Waals surface area contributed by atoms with Crippen molar-refractivity contribution in [2.45, 2.75) is 13.8 Å². The van der Waals surface area contributed by atoms with Gasteiger partial charge >= 0.3 is 0 Å². The average Bonchev–Trinajstić information content (AvgIpc) is 2.73. The molecule has 1 aromatic carbocycles. The third-order valence-electron chi connectivity index (χ3n) is 2.49. The maximum atomic E-state index is 10.5. The highest BCUT2D eigenvalue weighted by molar-refractivity contribution is 7.13. The minimum absolute atomic E-state index is 0.470. The molecule has 2 rings (SSSR count). The Morgan fingerprint density at radius 3 is 2.88 bits per heavy atom. The highest BCUT2D eigenvalue weighted by Gasteiger charge is 2.04. The molecule has 0 amide bonds. The number of carbonyl (C=O) groups is 1. The van der Waals surface area contributed by atoms with Crippen LogP contribution in [-0.2, 0) is 0 Å². The zero-order chi connectivity index (χ0) is 11.5. The third-order valence-corrected chi connectivity index (χ3v) is 3.26. The van der Waals surface area contributed by atoms with Gasteiger partial charge in [-0.05, 0) is 31.0 Å². The third kappa shape index (κ3) is 2.12. The standard InChI is InChI=1S/C12H12N2OS/c1-8-4-3-5-11(9(8)2)14-12-13-10(6-15)7-16-12/h3-7H,1-2H3,(H,13,14). The molecule has 0 aliphatic carbocycles. The fourth-order valence-corrected chi connectivity index (χ4v) is 2.07. The Hall–Kier alpha value is -1.68. The molecule has 0 saturated carbocycles. The van der Waals surface area contributed by atoms with Crippen molar-refractivity contribution in [2.75, 3.05) is 5.32 Å². The Labute approximate surface area is 98.2 Å². The van der Waals surface area contributed by atoms with Gasteiger partial charge in [0.1, 0.15) is 5.69 Å². The van der Waals surface area contributed by atoms with Crippen LogP contribution in [0.2, 0.25) is 0 Å². The molecule has 1 aromatic heterocycles. The molecule has 1 N–H and O–H groups in total. The summed E-state index contributed by atoms with van der Waals surface area (Å²) in [5, 5.41) is 5.70. The number of anilines is 2. The van der Waals surface area contributed by atoms with Crippen LogP contribution in [0.4, 0.5) is 10.8 Å². The summed E-state index contributed by atoms with van der Waals surface area (Å²) in [6, 6.07) is 6.07. The molecule has 0 saturated heterocycles. The molecule has 16 heavy (non-hydrogen) atoms. The molecule has 4 heteroatoms. The summed E-state index contributed by atoms with van der Waals surface area (Å²) in [7, 11) is 0. The number of aryl methyl sites for hydroxylation is 1. The van der Waals surface area contributed by atoms with E-state index in [1.165, 1.54) is 22.5 Å². The minimum atomic E-state index is 0.470. The second kappa shape index (κ2) is 4.45. The zero-order valence-electron chi connectivity index (χ0n) is 9.15. The lowest BCUT2D eigenvalue weighted by atomic mass is 10.1. The Balaban J connectivity index is 2.26. The monoisotopic (exact) mass is 232 g/mol. The smallest absolute Gasteiger partial charge is 0.187 e. The molecule has 0 atom stereocenters. The van der Waals surface area contributed by atoms with Crippen molar-refractivity contribution in [1.29, 1.82) is 0 Å². The molecule has 0 unspecified atom stereocenters. The molecule has 82 valence electrons. The van der Waals surface area contributed by atoms with Crippen molar-refractivity contribution in [3.8, 4) is 0 Å². The second-order valence-corrected chi connectivity index (χ2v) is 4.43. The highest BCUT2D eigenvalue weighted by atomic mass is 32.1. The number of rotatable bonds is 3. The van der Waals surface area contributed by atoms with E-state index in [1.54, 1.807) is 5.38 Å². The first-order valence-corrected chi connectivity index (χ1v) is 5.82. The van der Waals surface area contributed by atoms with Gasteiger partial charge in [0.15, 0.2) is 11.4 Å². The summed E-state index contributed by atoms with van der Waals surface area (Å²) < 4.78 is 0. The predicted molar refractivity (Wildman–Crippen MR) is 66.7 cm³/mol. The lowest BCUT2D eigenvalue weighted by Crippen LogP contribution is -1.94. The van der Waals surface area contributed by atoms with Crippen LogP contribution < -0.4 is 5.32 Å². The van der Waals surface area contributed by atoms with Gasteiger partial charge in [0, 0.05) is 11.1 Å². The SMILES string of the molecule is Cc1cccc(Nc2nc(C=O)cs2)c1C. The lowest BCUT2D eigenvalue weighted by Gasteiger charge is -2.08. The van der Waals surface area contributed by atoms with Gasteiger partial charge < -0.3 is 5.32 Å². The van der Waals surface area contributed by atoms with Crippen LogP contribution in [0.1, 0.15) is 21.6 Å².